The van der Waals surface area contributed by atoms with Crippen LogP contribution in [0.1, 0.15) is 11.1 Å². The molecule has 0 saturated carbocycles. The molecule has 0 aliphatic heterocycles. The van der Waals surface area contributed by atoms with Crippen LogP contribution >= 0.6 is 11.3 Å². The molecule has 3 rings (SSSR count). The summed E-state index contributed by atoms with van der Waals surface area (Å²) in [5, 5.41) is 3.94. The van der Waals surface area contributed by atoms with Gasteiger partial charge in [-0.3, -0.25) is 4.98 Å². The highest BCUT2D eigenvalue weighted by Crippen LogP contribution is 2.20. The van der Waals surface area contributed by atoms with E-state index in [9.17, 15) is 12.8 Å². The van der Waals surface area contributed by atoms with E-state index < -0.39 is 15.8 Å². The van der Waals surface area contributed by atoms with E-state index in [0.717, 1.165) is 16.8 Å². The Hall–Kier alpha value is -2.09. The fourth-order valence-electron chi connectivity index (χ4n) is 2.22. The first-order chi connectivity index (χ1) is 11.5. The number of halogens is 1. The van der Waals surface area contributed by atoms with Gasteiger partial charge < -0.3 is 0 Å². The van der Waals surface area contributed by atoms with Crippen LogP contribution in [0.2, 0.25) is 0 Å². The second kappa shape index (κ2) is 7.21. The maximum Gasteiger partial charge on any atom is 0.216 e. The van der Waals surface area contributed by atoms with Crippen LogP contribution in [-0.2, 0) is 22.3 Å². The molecule has 0 radical (unpaired) electrons. The molecule has 7 heteroatoms. The molecule has 124 valence electrons. The van der Waals surface area contributed by atoms with E-state index in [1.165, 1.54) is 18.2 Å². The Morgan fingerprint density at radius 1 is 1.17 bits per heavy atom. The topological polar surface area (TPSA) is 59.1 Å². The summed E-state index contributed by atoms with van der Waals surface area (Å²) < 4.78 is 40.4. The Bertz CT molecular complexity index is 925. The smallest absolute Gasteiger partial charge is 0.216 e. The van der Waals surface area contributed by atoms with Gasteiger partial charge >= 0.3 is 0 Å². The van der Waals surface area contributed by atoms with E-state index in [2.05, 4.69) is 9.71 Å². The quantitative estimate of drug-likeness (QED) is 0.729. The highest BCUT2D eigenvalue weighted by molar-refractivity contribution is 7.88. The molecule has 0 saturated heterocycles. The molecule has 4 nitrogen and oxygen atoms in total. The van der Waals surface area contributed by atoms with Crippen molar-refractivity contribution in [3.05, 3.63) is 76.4 Å². The number of aromatic nitrogens is 1. The van der Waals surface area contributed by atoms with Crippen molar-refractivity contribution in [3.8, 4) is 11.3 Å². The number of rotatable bonds is 6. The van der Waals surface area contributed by atoms with Gasteiger partial charge in [0.15, 0.2) is 0 Å². The number of nitrogens with zero attached hydrogens (tertiary/aromatic N) is 1. The Morgan fingerprint density at radius 3 is 2.75 bits per heavy atom. The average molecular weight is 362 g/mol. The third kappa shape index (κ3) is 4.25. The molecule has 0 atom stereocenters. The predicted octanol–water partition coefficient (Wildman–Crippen LogP) is 3.57. The maximum absolute atomic E-state index is 13.6. The van der Waals surface area contributed by atoms with Crippen molar-refractivity contribution < 1.29 is 12.8 Å². The minimum atomic E-state index is -3.63. The zero-order valence-corrected chi connectivity index (χ0v) is 14.3. The third-order valence-electron chi connectivity index (χ3n) is 3.44. The lowest BCUT2D eigenvalue weighted by atomic mass is 10.1. The van der Waals surface area contributed by atoms with E-state index in [1.807, 2.05) is 22.9 Å². The Balaban J connectivity index is 1.69. The summed E-state index contributed by atoms with van der Waals surface area (Å²) >= 11 is 1.57. The molecule has 0 bridgehead atoms. The number of hydrogen-bond acceptors (Lipinski definition) is 4. The Kier molecular flexibility index (Phi) is 5.03. The molecular weight excluding hydrogens is 347 g/mol. The molecule has 1 aromatic carbocycles. The normalized spacial score (nSPS) is 11.5. The summed E-state index contributed by atoms with van der Waals surface area (Å²) in [5.41, 5.74) is 2.74. The van der Waals surface area contributed by atoms with Gasteiger partial charge in [-0.25, -0.2) is 17.5 Å². The first-order valence-electron chi connectivity index (χ1n) is 7.22. The van der Waals surface area contributed by atoms with E-state index >= 15 is 0 Å². The SMILES string of the molecule is O=S(=O)(Cc1ccccc1F)NCc1ccnc(-c2ccsc2)c1. The lowest BCUT2D eigenvalue weighted by Gasteiger charge is -2.08. The van der Waals surface area contributed by atoms with Crippen molar-refractivity contribution in [3.63, 3.8) is 0 Å². The lowest BCUT2D eigenvalue weighted by molar-refractivity contribution is 0.574. The van der Waals surface area contributed by atoms with Gasteiger partial charge in [0, 0.05) is 29.2 Å². The third-order valence-corrected chi connectivity index (χ3v) is 5.40. The van der Waals surface area contributed by atoms with Crippen LogP contribution in [0.4, 0.5) is 4.39 Å². The monoisotopic (exact) mass is 362 g/mol. The van der Waals surface area contributed by atoms with Crippen LogP contribution in [0.5, 0.6) is 0 Å². The fourth-order valence-corrected chi connectivity index (χ4v) is 4.00. The van der Waals surface area contributed by atoms with E-state index in [0.29, 0.717) is 0 Å². The van der Waals surface area contributed by atoms with Crippen LogP contribution in [0.15, 0.2) is 59.4 Å². The number of sulfonamides is 1. The van der Waals surface area contributed by atoms with E-state index in [4.69, 9.17) is 0 Å². The van der Waals surface area contributed by atoms with Crippen LogP contribution in [0.25, 0.3) is 11.3 Å². The second-order valence-electron chi connectivity index (χ2n) is 5.23. The predicted molar refractivity (Wildman–Crippen MR) is 93.4 cm³/mol. The first kappa shape index (κ1) is 16.8. The molecule has 0 amide bonds. The standard InChI is InChI=1S/C17H15FN2O2S2/c18-16-4-2-1-3-15(16)12-24(21,22)20-10-13-5-7-19-17(9-13)14-6-8-23-11-14/h1-9,11,20H,10,12H2. The highest BCUT2D eigenvalue weighted by atomic mass is 32.2. The van der Waals surface area contributed by atoms with Gasteiger partial charge in [0.2, 0.25) is 10.0 Å². The summed E-state index contributed by atoms with van der Waals surface area (Å²) in [6.45, 7) is 0.135. The summed E-state index contributed by atoms with van der Waals surface area (Å²) in [4.78, 5) is 4.29. The van der Waals surface area contributed by atoms with Gasteiger partial charge in [0.1, 0.15) is 5.82 Å². The minimum Gasteiger partial charge on any atom is -0.256 e. The van der Waals surface area contributed by atoms with Gasteiger partial charge in [-0.2, -0.15) is 11.3 Å². The molecular formula is C17H15FN2O2S2. The van der Waals surface area contributed by atoms with Crippen molar-refractivity contribution in [1.82, 2.24) is 9.71 Å². The Labute approximate surface area is 144 Å². The van der Waals surface area contributed by atoms with Crippen LogP contribution in [-0.4, -0.2) is 13.4 Å². The Morgan fingerprint density at radius 2 is 2.00 bits per heavy atom. The molecule has 1 N–H and O–H groups in total. The molecule has 2 aromatic heterocycles. The second-order valence-corrected chi connectivity index (χ2v) is 7.82. The van der Waals surface area contributed by atoms with Crippen LogP contribution < -0.4 is 4.72 Å². The number of thiophene rings is 1. The largest absolute Gasteiger partial charge is 0.256 e. The lowest BCUT2D eigenvalue weighted by Crippen LogP contribution is -2.25. The van der Waals surface area contributed by atoms with Crippen molar-refractivity contribution in [2.24, 2.45) is 0 Å². The van der Waals surface area contributed by atoms with Crippen LogP contribution in [0, 0.1) is 5.82 Å². The van der Waals surface area contributed by atoms with Crippen molar-refractivity contribution in [2.45, 2.75) is 12.3 Å². The van der Waals surface area contributed by atoms with Crippen molar-refractivity contribution >= 4 is 21.4 Å². The fraction of sp³-hybridized carbons (Fsp3) is 0.118. The van der Waals surface area contributed by atoms with Gasteiger partial charge in [0.05, 0.1) is 11.4 Å². The molecule has 0 aliphatic carbocycles. The molecule has 24 heavy (non-hydrogen) atoms. The molecule has 0 spiro atoms. The van der Waals surface area contributed by atoms with Gasteiger partial charge in [0.25, 0.3) is 0 Å². The molecule has 3 aromatic rings. The number of pyridine rings is 1. The summed E-state index contributed by atoms with van der Waals surface area (Å²) in [6, 6.07) is 11.4. The average Bonchev–Trinajstić information content (AvgIpc) is 3.10. The molecule has 0 unspecified atom stereocenters. The van der Waals surface area contributed by atoms with Gasteiger partial charge in [-0.15, -0.1) is 0 Å². The maximum atomic E-state index is 13.6. The number of nitrogens with one attached hydrogen (secondary N) is 1. The highest BCUT2D eigenvalue weighted by Gasteiger charge is 2.14. The van der Waals surface area contributed by atoms with E-state index in [1.54, 1.807) is 29.7 Å². The summed E-state index contributed by atoms with van der Waals surface area (Å²) in [5.74, 6) is -0.908. The van der Waals surface area contributed by atoms with Crippen molar-refractivity contribution in [1.29, 1.82) is 0 Å². The first-order valence-corrected chi connectivity index (χ1v) is 9.81. The summed E-state index contributed by atoms with van der Waals surface area (Å²) in [7, 11) is -3.63. The minimum absolute atomic E-state index is 0.135. The molecule has 0 fully saturated rings. The van der Waals surface area contributed by atoms with Crippen LogP contribution in [0.3, 0.4) is 0 Å². The number of hydrogen-bond donors (Lipinski definition) is 1. The van der Waals surface area contributed by atoms with E-state index in [-0.39, 0.29) is 17.9 Å². The van der Waals surface area contributed by atoms with Gasteiger partial charge in [-0.05, 0) is 35.2 Å². The summed E-state index contributed by atoms with van der Waals surface area (Å²) in [6.07, 6.45) is 1.65. The molecule has 0 aliphatic rings. The molecule has 2 heterocycles. The van der Waals surface area contributed by atoms with Gasteiger partial charge in [-0.1, -0.05) is 18.2 Å². The van der Waals surface area contributed by atoms with Crippen molar-refractivity contribution in [2.75, 3.05) is 0 Å². The zero-order valence-electron chi connectivity index (χ0n) is 12.6. The zero-order chi connectivity index (χ0) is 17.0. The number of benzene rings is 1.